The average molecular weight is 461 g/mol. The van der Waals surface area contributed by atoms with E-state index in [1.165, 1.54) is 0 Å². The molecule has 0 aliphatic carbocycles. The summed E-state index contributed by atoms with van der Waals surface area (Å²) in [4.78, 5) is 24.1. The number of halogens is 2. The topological polar surface area (TPSA) is 82.9 Å². The molecule has 2 aromatic carbocycles. The van der Waals surface area contributed by atoms with Gasteiger partial charge in [0.1, 0.15) is 0 Å². The van der Waals surface area contributed by atoms with Crippen molar-refractivity contribution < 1.29 is 9.59 Å². The van der Waals surface area contributed by atoms with Gasteiger partial charge in [-0.1, -0.05) is 61.3 Å². The molecule has 0 atom stereocenters. The predicted molar refractivity (Wildman–Crippen MR) is 127 cm³/mol. The van der Waals surface area contributed by atoms with Crippen LogP contribution in [-0.2, 0) is 9.59 Å². The number of carbonyl (C=O) groups is 2. The number of nitrogens with zero attached hydrogens (tertiary/aromatic N) is 2. The maximum atomic E-state index is 12.1. The molecule has 0 aromatic heterocycles. The molecule has 0 unspecified atom stereocenters. The lowest BCUT2D eigenvalue weighted by Gasteiger charge is -2.07. The van der Waals surface area contributed by atoms with Crippen molar-refractivity contribution in [2.75, 3.05) is 0 Å². The fraction of sp³-hybridized carbons (Fsp3) is 0.304. The standard InChI is InChI=1S/C23H26Cl2N4O2/c1-3-20(16-8-5-10-18(24)14-16)26-28-22(30)12-7-13-23(31)29-27-21(4-2)17-9-6-11-19(25)15-17/h5-6,8-11,14-15H,3-4,7,12-13H2,1-2H3,(H,28,30)(H,29,31). The Labute approximate surface area is 192 Å². The molecule has 0 aliphatic rings. The van der Waals surface area contributed by atoms with E-state index in [9.17, 15) is 9.59 Å². The van der Waals surface area contributed by atoms with Gasteiger partial charge in [0.2, 0.25) is 11.8 Å². The Bertz CT molecular complexity index is 896. The van der Waals surface area contributed by atoms with Crippen LogP contribution in [-0.4, -0.2) is 23.2 Å². The zero-order valence-electron chi connectivity index (χ0n) is 17.6. The lowest BCUT2D eigenvalue weighted by molar-refractivity contribution is -0.122. The van der Waals surface area contributed by atoms with Crippen molar-refractivity contribution in [1.82, 2.24) is 10.9 Å². The number of hydrogen-bond acceptors (Lipinski definition) is 4. The van der Waals surface area contributed by atoms with Crippen LogP contribution in [0.5, 0.6) is 0 Å². The largest absolute Gasteiger partial charge is 0.273 e. The van der Waals surface area contributed by atoms with E-state index in [1.54, 1.807) is 24.3 Å². The van der Waals surface area contributed by atoms with Crippen LogP contribution in [0.1, 0.15) is 57.1 Å². The lowest BCUT2D eigenvalue weighted by Crippen LogP contribution is -2.22. The number of rotatable bonds is 10. The average Bonchev–Trinajstić information content (AvgIpc) is 2.75. The van der Waals surface area contributed by atoms with Gasteiger partial charge in [0.15, 0.2) is 0 Å². The highest BCUT2D eigenvalue weighted by Crippen LogP contribution is 2.14. The molecule has 2 aromatic rings. The summed E-state index contributed by atoms with van der Waals surface area (Å²) in [6.45, 7) is 3.90. The van der Waals surface area contributed by atoms with Gasteiger partial charge in [0.05, 0.1) is 11.4 Å². The summed E-state index contributed by atoms with van der Waals surface area (Å²) in [5, 5.41) is 9.60. The first-order chi connectivity index (χ1) is 14.9. The summed E-state index contributed by atoms with van der Waals surface area (Å²) in [6.07, 6.45) is 2.05. The number of hydrazone groups is 2. The Morgan fingerprint density at radius 3 is 1.55 bits per heavy atom. The van der Waals surface area contributed by atoms with Gasteiger partial charge in [0.25, 0.3) is 0 Å². The van der Waals surface area contributed by atoms with Crippen molar-refractivity contribution in [3.05, 3.63) is 69.7 Å². The smallest absolute Gasteiger partial charge is 0.240 e. The zero-order chi connectivity index (χ0) is 22.6. The summed E-state index contributed by atoms with van der Waals surface area (Å²) in [7, 11) is 0. The van der Waals surface area contributed by atoms with Gasteiger partial charge in [-0.15, -0.1) is 0 Å². The molecule has 0 saturated heterocycles. The Morgan fingerprint density at radius 1 is 0.774 bits per heavy atom. The monoisotopic (exact) mass is 460 g/mol. The molecule has 2 N–H and O–H groups in total. The molecule has 31 heavy (non-hydrogen) atoms. The molecule has 0 saturated carbocycles. The second kappa shape index (κ2) is 12.9. The maximum absolute atomic E-state index is 12.1. The summed E-state index contributed by atoms with van der Waals surface area (Å²) in [5.74, 6) is -0.505. The Balaban J connectivity index is 1.80. The van der Waals surface area contributed by atoms with Crippen LogP contribution in [0.4, 0.5) is 0 Å². The third kappa shape index (κ3) is 8.52. The molecular formula is C23H26Cl2N4O2. The molecule has 2 amide bonds. The normalized spacial score (nSPS) is 11.9. The molecule has 0 fully saturated rings. The SMILES string of the molecule is CCC(=NNC(=O)CCCC(=O)NN=C(CC)c1cccc(Cl)c1)c1cccc(Cl)c1. The van der Waals surface area contributed by atoms with E-state index in [0.29, 0.717) is 29.3 Å². The van der Waals surface area contributed by atoms with Gasteiger partial charge in [-0.05, 0) is 54.7 Å². The van der Waals surface area contributed by atoms with E-state index in [1.807, 2.05) is 38.1 Å². The number of benzene rings is 2. The molecular weight excluding hydrogens is 435 g/mol. The number of carbonyl (C=O) groups excluding carboxylic acids is 2. The van der Waals surface area contributed by atoms with E-state index in [4.69, 9.17) is 23.2 Å². The van der Waals surface area contributed by atoms with Gasteiger partial charge in [-0.2, -0.15) is 10.2 Å². The summed E-state index contributed by atoms with van der Waals surface area (Å²) in [6, 6.07) is 14.6. The first-order valence-electron chi connectivity index (χ1n) is 10.2. The third-order valence-electron chi connectivity index (χ3n) is 4.42. The molecule has 0 bridgehead atoms. The van der Waals surface area contributed by atoms with E-state index in [0.717, 1.165) is 22.6 Å². The van der Waals surface area contributed by atoms with Gasteiger partial charge < -0.3 is 0 Å². The number of amides is 2. The first-order valence-corrected chi connectivity index (χ1v) is 10.9. The molecule has 0 aliphatic heterocycles. The summed E-state index contributed by atoms with van der Waals surface area (Å²) >= 11 is 12.0. The van der Waals surface area contributed by atoms with E-state index in [-0.39, 0.29) is 24.7 Å². The summed E-state index contributed by atoms with van der Waals surface area (Å²) < 4.78 is 0. The van der Waals surface area contributed by atoms with E-state index >= 15 is 0 Å². The van der Waals surface area contributed by atoms with Crippen LogP contribution in [0.2, 0.25) is 10.0 Å². The zero-order valence-corrected chi connectivity index (χ0v) is 19.1. The molecule has 0 heterocycles. The molecule has 164 valence electrons. The second-order valence-electron chi connectivity index (χ2n) is 6.77. The second-order valence-corrected chi connectivity index (χ2v) is 7.64. The summed E-state index contributed by atoms with van der Waals surface area (Å²) in [5.41, 5.74) is 8.28. The van der Waals surface area contributed by atoms with Gasteiger partial charge in [-0.3, -0.25) is 9.59 Å². The highest BCUT2D eigenvalue weighted by molar-refractivity contribution is 6.31. The minimum atomic E-state index is -0.252. The van der Waals surface area contributed by atoms with Crippen molar-refractivity contribution in [3.63, 3.8) is 0 Å². The number of nitrogens with one attached hydrogen (secondary N) is 2. The van der Waals surface area contributed by atoms with Crippen LogP contribution in [0.15, 0.2) is 58.7 Å². The van der Waals surface area contributed by atoms with Gasteiger partial charge >= 0.3 is 0 Å². The van der Waals surface area contributed by atoms with Crippen molar-refractivity contribution in [1.29, 1.82) is 0 Å². The molecule has 2 rings (SSSR count). The minimum Gasteiger partial charge on any atom is -0.273 e. The van der Waals surface area contributed by atoms with Crippen molar-refractivity contribution in [3.8, 4) is 0 Å². The Kier molecular flexibility index (Phi) is 10.2. The van der Waals surface area contributed by atoms with E-state index < -0.39 is 0 Å². The van der Waals surface area contributed by atoms with Gasteiger partial charge in [-0.25, -0.2) is 10.9 Å². The molecule has 0 spiro atoms. The molecule has 8 heteroatoms. The fourth-order valence-corrected chi connectivity index (χ4v) is 3.19. The molecule has 0 radical (unpaired) electrons. The lowest BCUT2D eigenvalue weighted by atomic mass is 10.1. The fourth-order valence-electron chi connectivity index (χ4n) is 2.81. The van der Waals surface area contributed by atoms with Crippen molar-refractivity contribution in [2.45, 2.75) is 46.0 Å². The van der Waals surface area contributed by atoms with Crippen LogP contribution >= 0.6 is 23.2 Å². The highest BCUT2D eigenvalue weighted by atomic mass is 35.5. The predicted octanol–water partition coefficient (Wildman–Crippen LogP) is 5.32. The Hall–Kier alpha value is -2.70. The van der Waals surface area contributed by atoms with Crippen molar-refractivity contribution in [2.24, 2.45) is 10.2 Å². The minimum absolute atomic E-state index is 0.183. The van der Waals surface area contributed by atoms with Crippen LogP contribution in [0.3, 0.4) is 0 Å². The van der Waals surface area contributed by atoms with Crippen LogP contribution in [0, 0.1) is 0 Å². The quantitative estimate of drug-likeness (QED) is 0.371. The first kappa shape index (κ1) is 24.6. The van der Waals surface area contributed by atoms with E-state index in [2.05, 4.69) is 21.1 Å². The maximum Gasteiger partial charge on any atom is 0.240 e. The highest BCUT2D eigenvalue weighted by Gasteiger charge is 2.08. The molecule has 6 nitrogen and oxygen atoms in total. The third-order valence-corrected chi connectivity index (χ3v) is 4.89. The van der Waals surface area contributed by atoms with Gasteiger partial charge in [0, 0.05) is 22.9 Å². The van der Waals surface area contributed by atoms with Crippen molar-refractivity contribution >= 4 is 46.4 Å². The Morgan fingerprint density at radius 2 is 1.19 bits per heavy atom. The number of hydrogen-bond donors (Lipinski definition) is 2. The van der Waals surface area contributed by atoms with Crippen LogP contribution < -0.4 is 10.9 Å². The van der Waals surface area contributed by atoms with Crippen LogP contribution in [0.25, 0.3) is 0 Å².